The van der Waals surface area contributed by atoms with Gasteiger partial charge in [0.05, 0.1) is 19.1 Å². The molecule has 0 aromatic heterocycles. The van der Waals surface area contributed by atoms with Crippen molar-refractivity contribution in [1.29, 1.82) is 0 Å². The van der Waals surface area contributed by atoms with Gasteiger partial charge in [0.1, 0.15) is 0 Å². The number of carbonyl (C=O) groups excluding carboxylic acids is 3. The molecule has 0 fully saturated rings. The van der Waals surface area contributed by atoms with E-state index < -0.39 is 29.2 Å². The summed E-state index contributed by atoms with van der Waals surface area (Å²) in [4.78, 5) is 37.1. The number of ketones is 1. The highest BCUT2D eigenvalue weighted by Crippen LogP contribution is 2.34. The largest absolute Gasteiger partial charge is 0.463 e. The van der Waals surface area contributed by atoms with E-state index in [1.807, 2.05) is 12.1 Å². The molecular formula is C17H20O6. The Kier molecular flexibility index (Phi) is 5.15. The fraction of sp³-hybridized carbons (Fsp3) is 0.471. The molecule has 1 aliphatic rings. The van der Waals surface area contributed by atoms with E-state index in [9.17, 15) is 19.5 Å². The molecule has 2 rings (SSSR count). The van der Waals surface area contributed by atoms with Crippen LogP contribution in [0.15, 0.2) is 24.3 Å². The van der Waals surface area contributed by atoms with Gasteiger partial charge < -0.3 is 14.6 Å². The average Bonchev–Trinajstić information content (AvgIpc) is 2.55. The third-order valence-corrected chi connectivity index (χ3v) is 3.98. The molecular weight excluding hydrogens is 300 g/mol. The number of hydrogen-bond donors (Lipinski definition) is 1. The molecule has 0 aliphatic heterocycles. The van der Waals surface area contributed by atoms with Crippen LogP contribution in [0.4, 0.5) is 0 Å². The predicted molar refractivity (Wildman–Crippen MR) is 80.8 cm³/mol. The number of aryl methyl sites for hydroxylation is 1. The minimum atomic E-state index is -2.61. The molecule has 0 saturated carbocycles. The maximum atomic E-state index is 12.7. The van der Waals surface area contributed by atoms with E-state index in [1.54, 1.807) is 26.0 Å². The van der Waals surface area contributed by atoms with Gasteiger partial charge >= 0.3 is 11.9 Å². The lowest BCUT2D eigenvalue weighted by Gasteiger charge is -2.33. The normalized spacial score (nSPS) is 17.3. The Hall–Kier alpha value is -2.21. The standard InChI is InChI=1S/C17H20O6/c1-3-22-15(19)17(21,16(20)23-4-2)13-10-9-11-7-5-6-8-12(11)14(13)18/h5-8,13,21H,3-4,9-10H2,1-2H3. The highest BCUT2D eigenvalue weighted by molar-refractivity contribution is 6.12. The molecule has 1 unspecified atom stereocenters. The molecule has 0 radical (unpaired) electrons. The second kappa shape index (κ2) is 6.91. The highest BCUT2D eigenvalue weighted by atomic mass is 16.6. The SMILES string of the molecule is CCOC(=O)C(O)(C(=O)OCC)C1CCc2ccccc2C1=O. The summed E-state index contributed by atoms with van der Waals surface area (Å²) in [5, 5.41) is 10.8. The molecule has 124 valence electrons. The fourth-order valence-corrected chi connectivity index (χ4v) is 2.85. The molecule has 1 N–H and O–H groups in total. The van der Waals surface area contributed by atoms with Crippen LogP contribution in [0.5, 0.6) is 0 Å². The molecule has 0 heterocycles. The van der Waals surface area contributed by atoms with Crippen molar-refractivity contribution in [2.75, 3.05) is 13.2 Å². The van der Waals surface area contributed by atoms with Crippen molar-refractivity contribution in [3.05, 3.63) is 35.4 Å². The average molecular weight is 320 g/mol. The number of benzene rings is 1. The molecule has 1 atom stereocenters. The monoisotopic (exact) mass is 320 g/mol. The summed E-state index contributed by atoms with van der Waals surface area (Å²) in [5.41, 5.74) is -1.36. The molecule has 23 heavy (non-hydrogen) atoms. The number of fused-ring (bicyclic) bond motifs is 1. The number of rotatable bonds is 5. The number of aliphatic hydroxyl groups is 1. The first-order valence-corrected chi connectivity index (χ1v) is 7.65. The van der Waals surface area contributed by atoms with Gasteiger partial charge in [-0.2, -0.15) is 0 Å². The maximum absolute atomic E-state index is 12.7. The number of ether oxygens (including phenoxy) is 2. The quantitative estimate of drug-likeness (QED) is 0.649. The smallest absolute Gasteiger partial charge is 0.350 e. The summed E-state index contributed by atoms with van der Waals surface area (Å²) >= 11 is 0. The Morgan fingerprint density at radius 3 is 2.30 bits per heavy atom. The van der Waals surface area contributed by atoms with Crippen molar-refractivity contribution in [3.8, 4) is 0 Å². The lowest BCUT2D eigenvalue weighted by molar-refractivity contribution is -0.188. The maximum Gasteiger partial charge on any atom is 0.350 e. The first kappa shape index (κ1) is 17.1. The van der Waals surface area contributed by atoms with E-state index in [0.717, 1.165) is 5.56 Å². The Morgan fingerprint density at radius 2 is 1.74 bits per heavy atom. The van der Waals surface area contributed by atoms with E-state index in [1.165, 1.54) is 0 Å². The van der Waals surface area contributed by atoms with Crippen LogP contribution in [0.25, 0.3) is 0 Å². The second-order valence-electron chi connectivity index (χ2n) is 5.32. The molecule has 0 amide bonds. The zero-order valence-corrected chi connectivity index (χ0v) is 13.2. The predicted octanol–water partition coefficient (Wildman–Crippen LogP) is 1.29. The molecule has 1 aliphatic carbocycles. The van der Waals surface area contributed by atoms with Crippen molar-refractivity contribution in [2.24, 2.45) is 5.92 Å². The van der Waals surface area contributed by atoms with Crippen molar-refractivity contribution < 1.29 is 29.0 Å². The molecule has 0 saturated heterocycles. The van der Waals surface area contributed by atoms with E-state index >= 15 is 0 Å². The Labute approximate surface area is 134 Å². The van der Waals surface area contributed by atoms with Crippen molar-refractivity contribution in [1.82, 2.24) is 0 Å². The van der Waals surface area contributed by atoms with Crippen LogP contribution < -0.4 is 0 Å². The van der Waals surface area contributed by atoms with E-state index in [4.69, 9.17) is 9.47 Å². The van der Waals surface area contributed by atoms with Gasteiger partial charge in [0.15, 0.2) is 5.78 Å². The van der Waals surface area contributed by atoms with E-state index in [2.05, 4.69) is 0 Å². The molecule has 0 spiro atoms. The first-order chi connectivity index (χ1) is 11.0. The summed E-state index contributed by atoms with van der Waals surface area (Å²) in [5.74, 6) is -3.95. The third-order valence-electron chi connectivity index (χ3n) is 3.98. The lowest BCUT2D eigenvalue weighted by Crippen LogP contribution is -2.57. The van der Waals surface area contributed by atoms with Crippen molar-refractivity contribution in [3.63, 3.8) is 0 Å². The van der Waals surface area contributed by atoms with Crippen LogP contribution in [-0.4, -0.2) is 41.6 Å². The van der Waals surface area contributed by atoms with Gasteiger partial charge in [-0.25, -0.2) is 9.59 Å². The van der Waals surface area contributed by atoms with Crippen LogP contribution in [0.1, 0.15) is 36.2 Å². The lowest BCUT2D eigenvalue weighted by atomic mass is 9.73. The molecule has 6 heteroatoms. The van der Waals surface area contributed by atoms with Gasteiger partial charge in [0.2, 0.25) is 0 Å². The Balaban J connectivity index is 2.42. The number of Topliss-reactive ketones (excluding diaryl/α,β-unsaturated/α-hetero) is 1. The van der Waals surface area contributed by atoms with E-state index in [-0.39, 0.29) is 19.6 Å². The van der Waals surface area contributed by atoms with Gasteiger partial charge in [-0.15, -0.1) is 0 Å². The van der Waals surface area contributed by atoms with Crippen LogP contribution in [0.3, 0.4) is 0 Å². The summed E-state index contributed by atoms with van der Waals surface area (Å²) in [6.45, 7) is 3.08. The topological polar surface area (TPSA) is 89.9 Å². The Morgan fingerprint density at radius 1 is 1.17 bits per heavy atom. The fourth-order valence-electron chi connectivity index (χ4n) is 2.85. The highest BCUT2D eigenvalue weighted by Gasteiger charge is 2.57. The van der Waals surface area contributed by atoms with Gasteiger partial charge in [-0.3, -0.25) is 4.79 Å². The van der Waals surface area contributed by atoms with Gasteiger partial charge in [0, 0.05) is 5.56 Å². The van der Waals surface area contributed by atoms with Gasteiger partial charge in [-0.1, -0.05) is 24.3 Å². The molecule has 0 bridgehead atoms. The summed E-state index contributed by atoms with van der Waals surface area (Å²) in [6.07, 6.45) is 0.650. The zero-order chi connectivity index (χ0) is 17.0. The molecule has 6 nitrogen and oxygen atoms in total. The summed E-state index contributed by atoms with van der Waals surface area (Å²) < 4.78 is 9.64. The third kappa shape index (κ3) is 2.99. The van der Waals surface area contributed by atoms with Gasteiger partial charge in [-0.05, 0) is 32.3 Å². The number of hydrogen-bond acceptors (Lipinski definition) is 6. The number of carbonyl (C=O) groups is 3. The van der Waals surface area contributed by atoms with Crippen LogP contribution in [0.2, 0.25) is 0 Å². The minimum absolute atomic E-state index is 0.0158. The molecule has 1 aromatic carbocycles. The first-order valence-electron chi connectivity index (χ1n) is 7.65. The van der Waals surface area contributed by atoms with E-state index in [0.29, 0.717) is 12.0 Å². The number of esters is 2. The minimum Gasteiger partial charge on any atom is -0.463 e. The van der Waals surface area contributed by atoms with Crippen LogP contribution >= 0.6 is 0 Å². The van der Waals surface area contributed by atoms with Crippen molar-refractivity contribution >= 4 is 17.7 Å². The van der Waals surface area contributed by atoms with Crippen molar-refractivity contribution in [2.45, 2.75) is 32.3 Å². The summed E-state index contributed by atoms with van der Waals surface area (Å²) in [6, 6.07) is 6.96. The van der Waals surface area contributed by atoms with Crippen LogP contribution in [-0.2, 0) is 25.5 Å². The second-order valence-corrected chi connectivity index (χ2v) is 5.32. The zero-order valence-electron chi connectivity index (χ0n) is 13.2. The summed E-state index contributed by atoms with van der Waals surface area (Å²) in [7, 11) is 0. The Bertz CT molecular complexity index is 603. The molecule has 1 aromatic rings. The van der Waals surface area contributed by atoms with Gasteiger partial charge in [0.25, 0.3) is 5.60 Å². The van der Waals surface area contributed by atoms with Crippen LogP contribution in [0, 0.1) is 5.92 Å².